The maximum absolute atomic E-state index is 9.67. The van der Waals surface area contributed by atoms with E-state index in [0.717, 1.165) is 5.56 Å². The number of aliphatic hydroxyl groups is 3. The van der Waals surface area contributed by atoms with Crippen LogP contribution in [0.5, 0.6) is 0 Å². The van der Waals surface area contributed by atoms with Crippen molar-refractivity contribution in [1.29, 1.82) is 0 Å². The van der Waals surface area contributed by atoms with Gasteiger partial charge >= 0.3 is 0 Å². The highest BCUT2D eigenvalue weighted by atomic mass is 16.3. The molecule has 84 valence electrons. The number of hydrogen-bond acceptors (Lipinski definition) is 5. The lowest BCUT2D eigenvalue weighted by Crippen LogP contribution is -2.20. The van der Waals surface area contributed by atoms with Gasteiger partial charge in [0.25, 0.3) is 0 Å². The molecule has 2 unspecified atom stereocenters. The third-order valence-electron chi connectivity index (χ3n) is 2.26. The lowest BCUT2D eigenvalue weighted by atomic mass is 10.1. The van der Waals surface area contributed by atoms with Gasteiger partial charge in [0.1, 0.15) is 6.10 Å². The summed E-state index contributed by atoms with van der Waals surface area (Å²) in [5.41, 5.74) is 7.29. The van der Waals surface area contributed by atoms with Gasteiger partial charge in [-0.15, -0.1) is 0 Å². The van der Waals surface area contributed by atoms with Crippen LogP contribution in [-0.2, 0) is 0 Å². The molecule has 0 aromatic carbocycles. The summed E-state index contributed by atoms with van der Waals surface area (Å²) in [7, 11) is 0. The topological polar surface area (TPSA) is 99.6 Å². The minimum absolute atomic E-state index is 0.117. The van der Waals surface area contributed by atoms with E-state index >= 15 is 0 Å². The summed E-state index contributed by atoms with van der Waals surface area (Å²) in [6.07, 6.45) is -0.534. The van der Waals surface area contributed by atoms with Gasteiger partial charge in [0.15, 0.2) is 0 Å². The number of pyridine rings is 1. The third kappa shape index (κ3) is 2.89. The fourth-order valence-electron chi connectivity index (χ4n) is 1.24. The summed E-state index contributed by atoms with van der Waals surface area (Å²) in [6, 6.07) is 1.63. The van der Waals surface area contributed by atoms with Gasteiger partial charge in [0, 0.05) is 6.61 Å². The zero-order chi connectivity index (χ0) is 11.4. The van der Waals surface area contributed by atoms with Crippen LogP contribution in [0.2, 0.25) is 0 Å². The second-order valence-corrected chi connectivity index (χ2v) is 3.49. The van der Waals surface area contributed by atoms with E-state index in [4.69, 9.17) is 10.8 Å². The number of rotatable bonds is 4. The van der Waals surface area contributed by atoms with Gasteiger partial charge in [0.05, 0.1) is 23.7 Å². The van der Waals surface area contributed by atoms with Crippen LogP contribution in [0.1, 0.15) is 23.8 Å². The molecule has 0 bridgehead atoms. The molecule has 5 heteroatoms. The average molecular weight is 212 g/mol. The summed E-state index contributed by atoms with van der Waals surface area (Å²) < 4.78 is 0. The van der Waals surface area contributed by atoms with Crippen molar-refractivity contribution in [2.75, 3.05) is 12.3 Å². The smallest absolute Gasteiger partial charge is 0.122 e. The highest BCUT2D eigenvalue weighted by molar-refractivity contribution is 5.44. The van der Waals surface area contributed by atoms with Crippen LogP contribution in [0.25, 0.3) is 0 Å². The molecular formula is C10H16N2O3. The van der Waals surface area contributed by atoms with Crippen LogP contribution in [0.15, 0.2) is 12.3 Å². The summed E-state index contributed by atoms with van der Waals surface area (Å²) in [5.74, 6) is 0. The van der Waals surface area contributed by atoms with Crippen molar-refractivity contribution in [3.63, 3.8) is 0 Å². The molecular weight excluding hydrogens is 196 g/mol. The zero-order valence-electron chi connectivity index (χ0n) is 8.59. The van der Waals surface area contributed by atoms with Gasteiger partial charge in [-0.05, 0) is 25.0 Å². The van der Waals surface area contributed by atoms with Crippen molar-refractivity contribution < 1.29 is 15.3 Å². The molecule has 1 heterocycles. The first kappa shape index (κ1) is 11.9. The number of nitrogens with zero attached hydrogens (tertiary/aromatic N) is 1. The van der Waals surface area contributed by atoms with E-state index in [1.165, 1.54) is 6.20 Å². The Bertz CT molecular complexity index is 330. The van der Waals surface area contributed by atoms with Crippen LogP contribution < -0.4 is 5.73 Å². The first-order valence-electron chi connectivity index (χ1n) is 4.75. The first-order chi connectivity index (χ1) is 7.06. The molecule has 1 aromatic rings. The molecule has 5 nitrogen and oxygen atoms in total. The molecule has 5 N–H and O–H groups in total. The average Bonchev–Trinajstić information content (AvgIpc) is 2.21. The molecule has 0 radical (unpaired) electrons. The van der Waals surface area contributed by atoms with Crippen LogP contribution >= 0.6 is 0 Å². The SMILES string of the molecule is Cc1cc(C(O)C(O)CCO)ncc1N. The van der Waals surface area contributed by atoms with E-state index in [1.54, 1.807) is 13.0 Å². The Balaban J connectivity index is 2.81. The Kier molecular flexibility index (Phi) is 4.02. The number of aryl methyl sites for hydroxylation is 1. The molecule has 0 amide bonds. The Labute approximate surface area is 88.2 Å². The van der Waals surface area contributed by atoms with Crippen LogP contribution in [0.4, 0.5) is 5.69 Å². The van der Waals surface area contributed by atoms with Gasteiger partial charge in [-0.25, -0.2) is 0 Å². The zero-order valence-corrected chi connectivity index (χ0v) is 8.59. The quantitative estimate of drug-likeness (QED) is 0.551. The Morgan fingerprint density at radius 1 is 1.47 bits per heavy atom. The van der Waals surface area contributed by atoms with E-state index in [0.29, 0.717) is 11.4 Å². The molecule has 1 rings (SSSR count). The van der Waals surface area contributed by atoms with E-state index in [-0.39, 0.29) is 13.0 Å². The lowest BCUT2D eigenvalue weighted by molar-refractivity contribution is 0.00190. The number of anilines is 1. The monoisotopic (exact) mass is 212 g/mol. The maximum Gasteiger partial charge on any atom is 0.122 e. The standard InChI is InChI=1S/C10H16N2O3/c1-6-4-8(12-5-7(6)11)10(15)9(14)2-3-13/h4-5,9-10,13-15H,2-3,11H2,1H3. The number of aromatic nitrogens is 1. The van der Waals surface area contributed by atoms with Crippen LogP contribution in [-0.4, -0.2) is 33.0 Å². The Morgan fingerprint density at radius 2 is 2.13 bits per heavy atom. The molecule has 0 aliphatic carbocycles. The van der Waals surface area contributed by atoms with E-state index in [9.17, 15) is 10.2 Å². The van der Waals surface area contributed by atoms with Crippen LogP contribution in [0, 0.1) is 6.92 Å². The van der Waals surface area contributed by atoms with Gasteiger partial charge in [-0.2, -0.15) is 0 Å². The van der Waals surface area contributed by atoms with Gasteiger partial charge in [0.2, 0.25) is 0 Å². The second kappa shape index (κ2) is 5.06. The lowest BCUT2D eigenvalue weighted by Gasteiger charge is -2.16. The summed E-state index contributed by atoms with van der Waals surface area (Å²) in [4.78, 5) is 3.93. The van der Waals surface area contributed by atoms with Crippen molar-refractivity contribution in [2.24, 2.45) is 0 Å². The first-order valence-corrected chi connectivity index (χ1v) is 4.75. The number of aliphatic hydroxyl groups excluding tert-OH is 3. The number of nitrogens with two attached hydrogens (primary N) is 1. The molecule has 2 atom stereocenters. The van der Waals surface area contributed by atoms with Gasteiger partial charge in [-0.3, -0.25) is 4.98 Å². The van der Waals surface area contributed by atoms with Crippen molar-refractivity contribution in [3.8, 4) is 0 Å². The predicted octanol–water partition coefficient (Wildman–Crippen LogP) is -0.251. The second-order valence-electron chi connectivity index (χ2n) is 3.49. The van der Waals surface area contributed by atoms with Crippen molar-refractivity contribution in [3.05, 3.63) is 23.5 Å². The summed E-state index contributed by atoms with van der Waals surface area (Å²) in [5, 5.41) is 27.7. The Morgan fingerprint density at radius 3 is 2.67 bits per heavy atom. The molecule has 0 saturated heterocycles. The highest BCUT2D eigenvalue weighted by Gasteiger charge is 2.19. The predicted molar refractivity (Wildman–Crippen MR) is 56.1 cm³/mol. The molecule has 15 heavy (non-hydrogen) atoms. The normalized spacial score (nSPS) is 14.9. The minimum atomic E-state index is -1.09. The molecule has 0 spiro atoms. The highest BCUT2D eigenvalue weighted by Crippen LogP contribution is 2.19. The summed E-state index contributed by atoms with van der Waals surface area (Å²) >= 11 is 0. The fraction of sp³-hybridized carbons (Fsp3) is 0.500. The van der Waals surface area contributed by atoms with E-state index in [2.05, 4.69) is 4.98 Å². The van der Waals surface area contributed by atoms with E-state index < -0.39 is 12.2 Å². The molecule has 0 aliphatic rings. The fourth-order valence-corrected chi connectivity index (χ4v) is 1.24. The third-order valence-corrected chi connectivity index (χ3v) is 2.26. The molecule has 0 fully saturated rings. The molecule has 0 aliphatic heterocycles. The minimum Gasteiger partial charge on any atom is -0.397 e. The largest absolute Gasteiger partial charge is 0.397 e. The van der Waals surface area contributed by atoms with Gasteiger partial charge < -0.3 is 21.1 Å². The summed E-state index contributed by atoms with van der Waals surface area (Å²) in [6.45, 7) is 1.62. The number of hydrogen-bond donors (Lipinski definition) is 4. The van der Waals surface area contributed by atoms with Gasteiger partial charge in [-0.1, -0.05) is 0 Å². The van der Waals surface area contributed by atoms with Crippen LogP contribution in [0.3, 0.4) is 0 Å². The molecule has 1 aromatic heterocycles. The van der Waals surface area contributed by atoms with E-state index in [1.807, 2.05) is 0 Å². The number of nitrogen functional groups attached to an aromatic ring is 1. The van der Waals surface area contributed by atoms with Crippen molar-refractivity contribution in [2.45, 2.75) is 25.6 Å². The van der Waals surface area contributed by atoms with Crippen molar-refractivity contribution >= 4 is 5.69 Å². The Hall–Kier alpha value is -1.17. The molecule has 0 saturated carbocycles. The van der Waals surface area contributed by atoms with Crippen molar-refractivity contribution in [1.82, 2.24) is 4.98 Å². The maximum atomic E-state index is 9.67.